The molecule has 0 aliphatic carbocycles. The Bertz CT molecular complexity index is 746. The molecule has 1 amide bonds. The summed E-state index contributed by atoms with van der Waals surface area (Å²) >= 11 is 6.00. The fraction of sp³-hybridized carbons (Fsp3) is 0.133. The Balaban J connectivity index is 2.01. The van der Waals surface area contributed by atoms with Crippen LogP contribution >= 0.6 is 11.6 Å². The van der Waals surface area contributed by atoms with Crippen LogP contribution < -0.4 is 10.6 Å². The number of hydrogen-bond donors (Lipinski definition) is 2. The number of amides is 1. The highest BCUT2D eigenvalue weighted by atomic mass is 35.5. The van der Waals surface area contributed by atoms with E-state index >= 15 is 0 Å². The predicted octanol–water partition coefficient (Wildman–Crippen LogP) is 4.21. The molecule has 1 aliphatic rings. The summed E-state index contributed by atoms with van der Waals surface area (Å²) in [5.41, 5.74) is 0.327. The Morgan fingerprint density at radius 2 is 1.77 bits per heavy atom. The van der Waals surface area contributed by atoms with Crippen LogP contribution in [-0.4, -0.2) is 5.91 Å². The number of carbonyl (C=O) groups excluding carboxylic acids is 1. The van der Waals surface area contributed by atoms with Gasteiger partial charge in [0.25, 0.3) is 5.91 Å². The highest BCUT2D eigenvalue weighted by molar-refractivity contribution is 6.31. The summed E-state index contributed by atoms with van der Waals surface area (Å²) in [5, 5.41) is 5.73. The molecule has 2 N–H and O–H groups in total. The van der Waals surface area contributed by atoms with E-state index in [0.29, 0.717) is 11.3 Å². The zero-order valence-corrected chi connectivity index (χ0v) is 11.8. The van der Waals surface area contributed by atoms with Crippen molar-refractivity contribution in [3.05, 3.63) is 64.2 Å². The summed E-state index contributed by atoms with van der Waals surface area (Å²) in [6.07, 6.45) is -5.30. The van der Waals surface area contributed by atoms with Gasteiger partial charge in [0.1, 0.15) is 6.17 Å². The van der Waals surface area contributed by atoms with Crippen molar-refractivity contribution < 1.29 is 18.0 Å². The van der Waals surface area contributed by atoms with Crippen molar-refractivity contribution in [2.45, 2.75) is 12.3 Å². The van der Waals surface area contributed by atoms with Gasteiger partial charge in [0.2, 0.25) is 0 Å². The van der Waals surface area contributed by atoms with E-state index in [-0.39, 0.29) is 16.5 Å². The van der Waals surface area contributed by atoms with E-state index in [1.54, 1.807) is 24.3 Å². The average molecular weight is 327 g/mol. The first kappa shape index (κ1) is 14.7. The zero-order valence-electron chi connectivity index (χ0n) is 11.0. The van der Waals surface area contributed by atoms with Crippen molar-refractivity contribution in [1.82, 2.24) is 5.32 Å². The highest BCUT2D eigenvalue weighted by Crippen LogP contribution is 2.35. The Labute approximate surface area is 129 Å². The third-order valence-corrected chi connectivity index (χ3v) is 3.73. The van der Waals surface area contributed by atoms with Crippen molar-refractivity contribution in [3.63, 3.8) is 0 Å². The molecule has 0 saturated heterocycles. The monoisotopic (exact) mass is 326 g/mol. The molecule has 1 unspecified atom stereocenters. The molecule has 0 saturated carbocycles. The maximum Gasteiger partial charge on any atom is 0.416 e. The van der Waals surface area contributed by atoms with Gasteiger partial charge in [-0.15, -0.1) is 0 Å². The fourth-order valence-electron chi connectivity index (χ4n) is 2.30. The second-order valence-corrected chi connectivity index (χ2v) is 5.24. The maximum atomic E-state index is 12.8. The topological polar surface area (TPSA) is 41.1 Å². The zero-order chi connectivity index (χ0) is 15.9. The quantitative estimate of drug-likeness (QED) is 0.824. The first-order chi connectivity index (χ1) is 10.4. The number of fused-ring (bicyclic) bond motifs is 1. The van der Waals surface area contributed by atoms with E-state index in [4.69, 9.17) is 11.6 Å². The lowest BCUT2D eigenvalue weighted by atomic mass is 10.0. The number of para-hydroxylation sites is 1. The molecule has 3 nitrogen and oxygen atoms in total. The molecule has 1 heterocycles. The third-order valence-electron chi connectivity index (χ3n) is 3.38. The lowest BCUT2D eigenvalue weighted by Crippen LogP contribution is -2.38. The first-order valence-corrected chi connectivity index (χ1v) is 6.77. The highest BCUT2D eigenvalue weighted by Gasteiger charge is 2.33. The number of benzene rings is 2. The molecule has 114 valence electrons. The normalized spacial score (nSPS) is 17.5. The van der Waals surface area contributed by atoms with Crippen LogP contribution in [0.15, 0.2) is 42.5 Å². The Morgan fingerprint density at radius 3 is 2.50 bits per heavy atom. The van der Waals surface area contributed by atoms with Gasteiger partial charge in [-0.1, -0.05) is 23.7 Å². The summed E-state index contributed by atoms with van der Waals surface area (Å²) in [4.78, 5) is 12.0. The van der Waals surface area contributed by atoms with Crippen molar-refractivity contribution in [3.8, 4) is 0 Å². The smallest absolute Gasteiger partial charge is 0.361 e. The molecule has 0 spiro atoms. The standard InChI is InChI=1S/C15H10ClF3N2O/c16-11-6-5-8(15(17,18)19)7-10(11)13-20-12-4-2-1-3-9(12)14(22)21-13/h1-7,13,20H,(H,21,22). The van der Waals surface area contributed by atoms with Crippen LogP contribution in [-0.2, 0) is 6.18 Å². The maximum absolute atomic E-state index is 12.8. The number of rotatable bonds is 1. The van der Waals surface area contributed by atoms with Crippen LogP contribution in [0.2, 0.25) is 5.02 Å². The van der Waals surface area contributed by atoms with E-state index in [0.717, 1.165) is 12.1 Å². The summed E-state index contributed by atoms with van der Waals surface area (Å²) in [5.74, 6) is -0.368. The number of alkyl halides is 3. The average Bonchev–Trinajstić information content (AvgIpc) is 2.46. The number of anilines is 1. The van der Waals surface area contributed by atoms with Crippen molar-refractivity contribution in [1.29, 1.82) is 0 Å². The number of carbonyl (C=O) groups is 1. The van der Waals surface area contributed by atoms with E-state index in [2.05, 4.69) is 10.6 Å². The van der Waals surface area contributed by atoms with Crippen LogP contribution in [0, 0.1) is 0 Å². The van der Waals surface area contributed by atoms with Crippen molar-refractivity contribution in [2.24, 2.45) is 0 Å². The van der Waals surface area contributed by atoms with Crippen LogP contribution in [0.3, 0.4) is 0 Å². The van der Waals surface area contributed by atoms with Gasteiger partial charge in [-0.3, -0.25) is 4.79 Å². The molecule has 1 atom stereocenters. The Kier molecular flexibility index (Phi) is 3.48. The Hall–Kier alpha value is -2.21. The van der Waals surface area contributed by atoms with Crippen LogP contribution in [0.1, 0.15) is 27.7 Å². The molecule has 0 aromatic heterocycles. The molecular weight excluding hydrogens is 317 g/mol. The summed E-state index contributed by atoms with van der Waals surface area (Å²) in [6, 6.07) is 9.77. The molecule has 22 heavy (non-hydrogen) atoms. The second kappa shape index (κ2) is 5.21. The van der Waals surface area contributed by atoms with Gasteiger partial charge in [-0.2, -0.15) is 13.2 Å². The second-order valence-electron chi connectivity index (χ2n) is 4.83. The van der Waals surface area contributed by atoms with Crippen molar-refractivity contribution in [2.75, 3.05) is 5.32 Å². The Morgan fingerprint density at radius 1 is 1.05 bits per heavy atom. The minimum atomic E-state index is -4.48. The number of nitrogens with one attached hydrogen (secondary N) is 2. The summed E-state index contributed by atoms with van der Waals surface area (Å²) in [7, 11) is 0. The van der Waals surface area contributed by atoms with Crippen LogP contribution in [0.25, 0.3) is 0 Å². The molecule has 2 aromatic rings. The van der Waals surface area contributed by atoms with Gasteiger partial charge < -0.3 is 10.6 Å². The van der Waals surface area contributed by atoms with E-state index < -0.39 is 17.9 Å². The van der Waals surface area contributed by atoms with Gasteiger partial charge in [0.15, 0.2) is 0 Å². The SMILES string of the molecule is O=C1NC(c2cc(C(F)(F)F)ccc2Cl)Nc2ccccc21. The molecule has 7 heteroatoms. The predicted molar refractivity (Wildman–Crippen MR) is 76.7 cm³/mol. The van der Waals surface area contributed by atoms with Gasteiger partial charge >= 0.3 is 6.18 Å². The fourth-order valence-corrected chi connectivity index (χ4v) is 2.53. The minimum absolute atomic E-state index is 0.144. The molecule has 0 radical (unpaired) electrons. The summed E-state index contributed by atoms with van der Waals surface area (Å²) < 4.78 is 38.5. The third kappa shape index (κ3) is 2.62. The largest absolute Gasteiger partial charge is 0.416 e. The van der Waals surface area contributed by atoms with E-state index in [9.17, 15) is 18.0 Å². The molecule has 3 rings (SSSR count). The molecule has 1 aliphatic heterocycles. The molecule has 0 bridgehead atoms. The van der Waals surface area contributed by atoms with Gasteiger partial charge in [-0.25, -0.2) is 0 Å². The number of hydrogen-bond acceptors (Lipinski definition) is 2. The van der Waals surface area contributed by atoms with Crippen LogP contribution in [0.5, 0.6) is 0 Å². The molecule has 2 aromatic carbocycles. The van der Waals surface area contributed by atoms with E-state index in [1.165, 1.54) is 6.07 Å². The minimum Gasteiger partial charge on any atom is -0.361 e. The molecular formula is C15H10ClF3N2O. The van der Waals surface area contributed by atoms with Crippen molar-refractivity contribution >= 4 is 23.2 Å². The number of halogens is 4. The van der Waals surface area contributed by atoms with Gasteiger partial charge in [0, 0.05) is 16.3 Å². The molecule has 0 fully saturated rings. The first-order valence-electron chi connectivity index (χ1n) is 6.39. The summed E-state index contributed by atoms with van der Waals surface area (Å²) in [6.45, 7) is 0. The van der Waals surface area contributed by atoms with Crippen LogP contribution in [0.4, 0.5) is 18.9 Å². The van der Waals surface area contributed by atoms with E-state index in [1.807, 2.05) is 0 Å². The van der Waals surface area contributed by atoms with Gasteiger partial charge in [0.05, 0.1) is 11.1 Å². The van der Waals surface area contributed by atoms with Gasteiger partial charge in [-0.05, 0) is 30.3 Å². The lowest BCUT2D eigenvalue weighted by Gasteiger charge is -2.29. The lowest BCUT2D eigenvalue weighted by molar-refractivity contribution is -0.137.